The number of fused-ring (bicyclic) bond motifs is 1. The fraction of sp³-hybridized carbons (Fsp3) is 0.367. The van der Waals surface area contributed by atoms with Crippen LogP contribution in [0.2, 0.25) is 0 Å². The van der Waals surface area contributed by atoms with Crippen LogP contribution >= 0.6 is 0 Å². The summed E-state index contributed by atoms with van der Waals surface area (Å²) in [6.07, 6.45) is 2.98. The van der Waals surface area contributed by atoms with E-state index in [4.69, 9.17) is 0 Å². The summed E-state index contributed by atoms with van der Waals surface area (Å²) in [6.45, 7) is 4.43. The van der Waals surface area contributed by atoms with Crippen molar-refractivity contribution in [2.24, 2.45) is 11.3 Å². The van der Waals surface area contributed by atoms with Crippen molar-refractivity contribution in [2.75, 3.05) is 13.1 Å². The molecule has 3 aromatic carbocycles. The van der Waals surface area contributed by atoms with Gasteiger partial charge in [-0.3, -0.25) is 9.69 Å². The van der Waals surface area contributed by atoms with Gasteiger partial charge in [0.25, 0.3) is 0 Å². The molecular weight excluding hydrogens is 406 g/mol. The first-order valence-electron chi connectivity index (χ1n) is 12.3. The van der Waals surface area contributed by atoms with Gasteiger partial charge in [0.15, 0.2) is 0 Å². The van der Waals surface area contributed by atoms with Crippen LogP contribution in [0.3, 0.4) is 0 Å². The molecule has 4 unspecified atom stereocenters. The van der Waals surface area contributed by atoms with Crippen molar-refractivity contribution in [2.45, 2.75) is 44.1 Å². The van der Waals surface area contributed by atoms with Crippen molar-refractivity contribution in [3.8, 4) is 0 Å². The van der Waals surface area contributed by atoms with Gasteiger partial charge in [0.1, 0.15) is 0 Å². The first kappa shape index (κ1) is 20.7. The molecule has 3 aromatic rings. The number of hydrogen-bond donors (Lipinski definition) is 1. The molecule has 1 saturated carbocycles. The van der Waals surface area contributed by atoms with Gasteiger partial charge in [0.2, 0.25) is 0 Å². The van der Waals surface area contributed by atoms with Gasteiger partial charge >= 0.3 is 5.97 Å². The Bertz CT molecular complexity index is 1190. The molecule has 2 bridgehead atoms. The summed E-state index contributed by atoms with van der Waals surface area (Å²) < 4.78 is 0. The third kappa shape index (κ3) is 2.81. The predicted octanol–water partition coefficient (Wildman–Crippen LogP) is 5.63. The van der Waals surface area contributed by atoms with E-state index in [0.29, 0.717) is 6.54 Å². The predicted molar refractivity (Wildman–Crippen MR) is 130 cm³/mol. The van der Waals surface area contributed by atoms with Crippen molar-refractivity contribution >= 4 is 5.97 Å². The normalized spacial score (nSPS) is 30.1. The van der Waals surface area contributed by atoms with Gasteiger partial charge in [-0.2, -0.15) is 0 Å². The van der Waals surface area contributed by atoms with E-state index < -0.39 is 11.4 Å². The molecule has 7 rings (SSSR count). The van der Waals surface area contributed by atoms with Crippen LogP contribution in [0.4, 0.5) is 0 Å². The first-order valence-corrected chi connectivity index (χ1v) is 12.3. The third-order valence-corrected chi connectivity index (χ3v) is 8.93. The zero-order chi connectivity index (χ0) is 22.6. The summed E-state index contributed by atoms with van der Waals surface area (Å²) in [5.74, 6) is -0.474. The zero-order valence-electron chi connectivity index (χ0n) is 19.2. The summed E-state index contributed by atoms with van der Waals surface area (Å²) >= 11 is 0. The third-order valence-electron chi connectivity index (χ3n) is 8.93. The molecule has 2 fully saturated rings. The molecule has 0 amide bonds. The van der Waals surface area contributed by atoms with Crippen molar-refractivity contribution in [1.82, 2.24) is 4.90 Å². The quantitative estimate of drug-likeness (QED) is 0.562. The lowest BCUT2D eigenvalue weighted by atomic mass is 9.42. The maximum Gasteiger partial charge on any atom is 0.311 e. The van der Waals surface area contributed by atoms with E-state index in [9.17, 15) is 9.90 Å². The van der Waals surface area contributed by atoms with E-state index in [1.54, 1.807) is 0 Å². The molecule has 3 nitrogen and oxygen atoms in total. The van der Waals surface area contributed by atoms with Gasteiger partial charge in [-0.05, 0) is 47.1 Å². The van der Waals surface area contributed by atoms with Gasteiger partial charge in [-0.1, -0.05) is 85.8 Å². The number of benzene rings is 3. The second-order valence-corrected chi connectivity index (χ2v) is 10.3. The number of aryl methyl sites for hydroxylation is 1. The first-order chi connectivity index (χ1) is 16.1. The second kappa shape index (κ2) is 7.56. The van der Waals surface area contributed by atoms with Crippen LogP contribution in [0.5, 0.6) is 0 Å². The second-order valence-electron chi connectivity index (χ2n) is 10.3. The number of aliphatic carboxylic acids is 1. The number of hydrogen-bond acceptors (Lipinski definition) is 2. The average Bonchev–Trinajstić information content (AvgIpc) is 3.27. The van der Waals surface area contributed by atoms with Crippen molar-refractivity contribution in [3.63, 3.8) is 0 Å². The smallest absolute Gasteiger partial charge is 0.311 e. The van der Waals surface area contributed by atoms with Crippen LogP contribution in [0, 0.1) is 11.3 Å². The highest BCUT2D eigenvalue weighted by atomic mass is 16.4. The number of carboxylic acid groups (broad SMARTS) is 1. The highest BCUT2D eigenvalue weighted by Crippen LogP contribution is 2.68. The van der Waals surface area contributed by atoms with Crippen LogP contribution in [-0.4, -0.2) is 29.1 Å². The lowest BCUT2D eigenvalue weighted by Gasteiger charge is -2.59. The number of carbonyl (C=O) groups is 1. The molecule has 4 atom stereocenters. The summed E-state index contributed by atoms with van der Waals surface area (Å²) in [7, 11) is 0. The van der Waals surface area contributed by atoms with Crippen molar-refractivity contribution in [1.29, 1.82) is 0 Å². The Morgan fingerprint density at radius 3 is 2.42 bits per heavy atom. The number of rotatable bonds is 5. The van der Waals surface area contributed by atoms with Crippen LogP contribution < -0.4 is 0 Å². The van der Waals surface area contributed by atoms with Gasteiger partial charge in [-0.25, -0.2) is 0 Å². The Morgan fingerprint density at radius 2 is 1.70 bits per heavy atom. The molecule has 4 aliphatic rings. The van der Waals surface area contributed by atoms with Crippen LogP contribution in [0.15, 0.2) is 78.9 Å². The summed E-state index contributed by atoms with van der Waals surface area (Å²) in [5.41, 5.74) is 5.52. The van der Waals surface area contributed by atoms with Gasteiger partial charge in [-0.15, -0.1) is 0 Å². The molecule has 1 heterocycles. The number of likely N-dealkylation sites (tertiary alicyclic amines) is 1. The molecular formula is C30H31NO2. The van der Waals surface area contributed by atoms with E-state index in [1.165, 1.54) is 27.8 Å². The molecule has 168 valence electrons. The molecule has 1 N–H and O–H groups in total. The number of nitrogens with zero attached hydrogens (tertiary/aromatic N) is 1. The van der Waals surface area contributed by atoms with E-state index >= 15 is 0 Å². The largest absolute Gasteiger partial charge is 0.481 e. The Kier molecular flexibility index (Phi) is 4.74. The standard InChI is InChI=1S/C30H31NO2/c1-2-21-12-14-23(15-13-21)29-17-16-26(24-10-6-7-11-25(24)29)30(28(32)33)20-31(19-27(29)30)18-22-8-4-3-5-9-22/h3-15,26-27H,2,16-20H2,1H3,(H,32,33). The van der Waals surface area contributed by atoms with E-state index in [0.717, 1.165) is 32.4 Å². The minimum Gasteiger partial charge on any atom is -0.481 e. The van der Waals surface area contributed by atoms with Crippen LogP contribution in [0.25, 0.3) is 0 Å². The van der Waals surface area contributed by atoms with Crippen LogP contribution in [-0.2, 0) is 23.2 Å². The Labute approximate surface area is 196 Å². The van der Waals surface area contributed by atoms with Gasteiger partial charge in [0.05, 0.1) is 5.41 Å². The monoisotopic (exact) mass is 437 g/mol. The molecule has 3 aliphatic carbocycles. The molecule has 0 spiro atoms. The molecule has 1 saturated heterocycles. The minimum atomic E-state index is -0.745. The SMILES string of the molecule is CCc1ccc(C23CCC(c4ccccc42)C2(C(=O)O)CN(Cc4ccccc4)CC32)cc1. The van der Waals surface area contributed by atoms with Crippen molar-refractivity contribution < 1.29 is 9.90 Å². The fourth-order valence-corrected chi connectivity index (χ4v) is 7.55. The van der Waals surface area contributed by atoms with Gasteiger partial charge in [0, 0.05) is 36.9 Å². The topological polar surface area (TPSA) is 40.5 Å². The summed E-state index contributed by atoms with van der Waals surface area (Å²) in [5, 5.41) is 10.8. The molecule has 0 aromatic heterocycles. The number of carboxylic acids is 1. The summed E-state index contributed by atoms with van der Waals surface area (Å²) in [6, 6.07) is 28.3. The highest BCUT2D eigenvalue weighted by Gasteiger charge is 2.70. The van der Waals surface area contributed by atoms with Crippen LogP contribution in [0.1, 0.15) is 53.5 Å². The Morgan fingerprint density at radius 1 is 0.970 bits per heavy atom. The molecule has 3 heteroatoms. The lowest BCUT2D eigenvalue weighted by Crippen LogP contribution is -2.60. The Hall–Kier alpha value is -2.91. The van der Waals surface area contributed by atoms with E-state index in [-0.39, 0.29) is 17.3 Å². The molecule has 0 radical (unpaired) electrons. The lowest BCUT2D eigenvalue weighted by molar-refractivity contribution is -0.157. The average molecular weight is 438 g/mol. The maximum absolute atomic E-state index is 13.2. The van der Waals surface area contributed by atoms with E-state index in [1.807, 2.05) is 6.07 Å². The van der Waals surface area contributed by atoms with Gasteiger partial charge < -0.3 is 5.11 Å². The highest BCUT2D eigenvalue weighted by molar-refractivity contribution is 5.80. The Balaban J connectivity index is 1.52. The molecule has 1 aliphatic heterocycles. The van der Waals surface area contributed by atoms with Crippen molar-refractivity contribution in [3.05, 3.63) is 107 Å². The fourth-order valence-electron chi connectivity index (χ4n) is 7.55. The minimum absolute atomic E-state index is 0.0624. The maximum atomic E-state index is 13.2. The molecule has 33 heavy (non-hydrogen) atoms. The summed E-state index contributed by atoms with van der Waals surface area (Å²) in [4.78, 5) is 15.6. The van der Waals surface area contributed by atoms with E-state index in [2.05, 4.69) is 84.6 Å². The zero-order valence-corrected chi connectivity index (χ0v) is 19.2.